The molecule has 41 heavy (non-hydrogen) atoms. The lowest BCUT2D eigenvalue weighted by Crippen LogP contribution is -2.34. The summed E-state index contributed by atoms with van der Waals surface area (Å²) < 4.78 is 17.4. The Hall–Kier alpha value is -5.00. The van der Waals surface area contributed by atoms with Crippen LogP contribution in [0.1, 0.15) is 41.5 Å². The molecule has 2 aromatic heterocycles. The molecule has 2 aromatic carbocycles. The van der Waals surface area contributed by atoms with Gasteiger partial charge in [0.15, 0.2) is 12.4 Å². The maximum atomic E-state index is 13.4. The van der Waals surface area contributed by atoms with Crippen molar-refractivity contribution in [1.82, 2.24) is 19.7 Å². The van der Waals surface area contributed by atoms with E-state index < -0.39 is 29.4 Å². The van der Waals surface area contributed by atoms with Gasteiger partial charge in [-0.25, -0.2) is 29.3 Å². The van der Waals surface area contributed by atoms with Crippen LogP contribution in [0, 0.1) is 0 Å². The highest BCUT2D eigenvalue weighted by molar-refractivity contribution is 5.98. The van der Waals surface area contributed by atoms with Gasteiger partial charge in [-0.3, -0.25) is 0 Å². The number of anilines is 2. The molecule has 4 aromatic rings. The van der Waals surface area contributed by atoms with Crippen LogP contribution in [-0.4, -0.2) is 60.8 Å². The van der Waals surface area contributed by atoms with Crippen molar-refractivity contribution < 1.29 is 33.7 Å². The first-order chi connectivity index (χ1) is 19.2. The fourth-order valence-corrected chi connectivity index (χ4v) is 3.80. The smallest absolute Gasteiger partial charge is 0.432 e. The summed E-state index contributed by atoms with van der Waals surface area (Å²) in [4.78, 5) is 47.2. The van der Waals surface area contributed by atoms with Crippen LogP contribution in [-0.2, 0) is 14.3 Å². The Kier molecular flexibility index (Phi) is 7.95. The van der Waals surface area contributed by atoms with E-state index in [-0.39, 0.29) is 12.4 Å². The number of carbonyl (C=O) groups excluding carboxylic acids is 2. The molecule has 4 rings (SSSR count). The lowest BCUT2D eigenvalue weighted by atomic mass is 10.2. The van der Waals surface area contributed by atoms with Crippen molar-refractivity contribution in [3.8, 4) is 17.1 Å². The summed E-state index contributed by atoms with van der Waals surface area (Å²) in [7, 11) is 0. The first kappa shape index (κ1) is 29.0. The fraction of sp³-hybridized carbons (Fsp3) is 0.310. The number of hydrogen-bond donors (Lipinski definition) is 1. The van der Waals surface area contributed by atoms with E-state index in [0.717, 1.165) is 4.68 Å². The van der Waals surface area contributed by atoms with Gasteiger partial charge in [-0.1, -0.05) is 12.1 Å². The number of ether oxygens (including phenoxy) is 3. The van der Waals surface area contributed by atoms with Gasteiger partial charge in [0.25, 0.3) is 0 Å². The van der Waals surface area contributed by atoms with Gasteiger partial charge in [0.2, 0.25) is 0 Å². The van der Waals surface area contributed by atoms with Crippen LogP contribution in [0.4, 0.5) is 21.1 Å². The van der Waals surface area contributed by atoms with Gasteiger partial charge in [0.05, 0.1) is 17.4 Å². The second-order valence-corrected chi connectivity index (χ2v) is 11.0. The van der Waals surface area contributed by atoms with Crippen molar-refractivity contribution in [3.63, 3.8) is 0 Å². The number of benzene rings is 2. The van der Waals surface area contributed by atoms with E-state index >= 15 is 0 Å². The van der Waals surface area contributed by atoms with Crippen LogP contribution in [0.15, 0.2) is 60.9 Å². The zero-order valence-corrected chi connectivity index (χ0v) is 23.6. The third-order valence-electron chi connectivity index (χ3n) is 5.31. The number of esters is 1. The maximum Gasteiger partial charge on any atom is 0.432 e. The molecule has 0 spiro atoms. The predicted octanol–water partition coefficient (Wildman–Crippen LogP) is 5.81. The van der Waals surface area contributed by atoms with Crippen molar-refractivity contribution in [2.45, 2.75) is 52.7 Å². The summed E-state index contributed by atoms with van der Waals surface area (Å²) in [5, 5.41) is 13.8. The van der Waals surface area contributed by atoms with Crippen molar-refractivity contribution >= 4 is 40.6 Å². The molecule has 0 bridgehead atoms. The first-order valence-corrected chi connectivity index (χ1v) is 12.7. The second kappa shape index (κ2) is 11.2. The molecule has 0 aliphatic heterocycles. The highest BCUT2D eigenvalue weighted by Gasteiger charge is 2.27. The van der Waals surface area contributed by atoms with Crippen LogP contribution in [0.3, 0.4) is 0 Å². The minimum atomic E-state index is -1.23. The maximum absolute atomic E-state index is 13.4. The molecule has 2 heterocycles. The van der Waals surface area contributed by atoms with Crippen molar-refractivity contribution in [2.75, 3.05) is 11.5 Å². The summed E-state index contributed by atoms with van der Waals surface area (Å²) in [5.41, 5.74) is -0.107. The fourth-order valence-electron chi connectivity index (χ4n) is 3.80. The molecule has 214 valence electrons. The van der Waals surface area contributed by atoms with Gasteiger partial charge < -0.3 is 19.3 Å². The average Bonchev–Trinajstić information content (AvgIpc) is 3.30. The number of carboxylic acid groups (broad SMARTS) is 1. The summed E-state index contributed by atoms with van der Waals surface area (Å²) in [6.07, 6.45) is 0.981. The quantitative estimate of drug-likeness (QED) is 0.286. The molecular weight excluding hydrogens is 530 g/mol. The van der Waals surface area contributed by atoms with E-state index in [9.17, 15) is 19.5 Å². The van der Waals surface area contributed by atoms with E-state index in [0.29, 0.717) is 33.7 Å². The van der Waals surface area contributed by atoms with Gasteiger partial charge in [0, 0.05) is 17.1 Å². The van der Waals surface area contributed by atoms with Gasteiger partial charge >= 0.3 is 18.2 Å². The molecule has 0 saturated carbocycles. The molecular formula is C29H31N5O7. The summed E-state index contributed by atoms with van der Waals surface area (Å²) in [5.74, 6) is 0.417. The van der Waals surface area contributed by atoms with Crippen LogP contribution in [0.5, 0.6) is 5.75 Å². The molecule has 1 N–H and O–H groups in total. The summed E-state index contributed by atoms with van der Waals surface area (Å²) in [6, 6.07) is 13.2. The van der Waals surface area contributed by atoms with Gasteiger partial charge in [-0.15, -0.1) is 0 Å². The number of nitrogens with zero attached hydrogens (tertiary/aromatic N) is 5. The minimum absolute atomic E-state index is 0.217. The zero-order chi connectivity index (χ0) is 29.9. The number of amides is 1. The Labute approximate surface area is 236 Å². The molecule has 12 heteroatoms. The number of rotatable bonds is 6. The Morgan fingerprint density at radius 3 is 2.37 bits per heavy atom. The van der Waals surface area contributed by atoms with Crippen molar-refractivity contribution in [3.05, 3.63) is 60.9 Å². The highest BCUT2D eigenvalue weighted by atomic mass is 16.6. The average molecular weight is 562 g/mol. The van der Waals surface area contributed by atoms with E-state index in [1.807, 2.05) is 0 Å². The number of aromatic nitrogens is 4. The van der Waals surface area contributed by atoms with E-state index in [4.69, 9.17) is 14.2 Å². The Morgan fingerprint density at radius 2 is 1.68 bits per heavy atom. The minimum Gasteiger partial charge on any atom is -0.482 e. The third kappa shape index (κ3) is 7.35. The molecule has 0 saturated heterocycles. The SMILES string of the molecule is CC(C)(C)OC(=O)COc1cccc(-c2nccc(N(C(=O)OC(C)(C)C)c3ccc4c(cnn4C(=O)O)c3)n2)c1. The van der Waals surface area contributed by atoms with Crippen LogP contribution in [0.25, 0.3) is 22.3 Å². The Balaban J connectivity index is 1.68. The van der Waals surface area contributed by atoms with Crippen LogP contribution in [0.2, 0.25) is 0 Å². The molecule has 1 amide bonds. The van der Waals surface area contributed by atoms with Crippen LogP contribution >= 0.6 is 0 Å². The van der Waals surface area contributed by atoms with Gasteiger partial charge in [-0.2, -0.15) is 9.78 Å². The lowest BCUT2D eigenvalue weighted by molar-refractivity contribution is -0.157. The standard InChI is InChI=1S/C29H31N5O7/c1-28(2,3)40-24(35)17-39-21-9-7-8-18(15-21)25-30-13-12-23(32-25)33(27(38)41-29(4,5)6)20-10-11-22-19(14-20)16-31-34(22)26(36)37/h7-16H,17H2,1-6H3,(H,36,37). The number of fused-ring (bicyclic) bond motifs is 1. The molecule has 0 aliphatic rings. The van der Waals surface area contributed by atoms with E-state index in [2.05, 4.69) is 15.1 Å². The summed E-state index contributed by atoms with van der Waals surface area (Å²) in [6.45, 7) is 10.3. The molecule has 12 nitrogen and oxygen atoms in total. The first-order valence-electron chi connectivity index (χ1n) is 12.7. The van der Waals surface area contributed by atoms with Gasteiger partial charge in [0.1, 0.15) is 22.8 Å². The topological polar surface area (TPSA) is 146 Å². The number of carbonyl (C=O) groups is 3. The predicted molar refractivity (Wildman–Crippen MR) is 150 cm³/mol. The Bertz CT molecular complexity index is 1600. The molecule has 0 atom stereocenters. The lowest BCUT2D eigenvalue weighted by Gasteiger charge is -2.27. The monoisotopic (exact) mass is 561 g/mol. The van der Waals surface area contributed by atoms with Gasteiger partial charge in [-0.05, 0) is 77.9 Å². The second-order valence-electron chi connectivity index (χ2n) is 11.0. The van der Waals surface area contributed by atoms with E-state index in [1.165, 1.54) is 17.3 Å². The Morgan fingerprint density at radius 1 is 0.951 bits per heavy atom. The third-order valence-corrected chi connectivity index (χ3v) is 5.31. The molecule has 0 radical (unpaired) electrons. The van der Waals surface area contributed by atoms with Crippen LogP contribution < -0.4 is 9.64 Å². The normalized spacial score (nSPS) is 11.7. The zero-order valence-electron chi connectivity index (χ0n) is 23.6. The van der Waals surface area contributed by atoms with E-state index in [1.54, 1.807) is 90.1 Å². The number of hydrogen-bond acceptors (Lipinski definition) is 9. The molecule has 0 aliphatic carbocycles. The molecule has 0 unspecified atom stereocenters. The largest absolute Gasteiger partial charge is 0.482 e. The van der Waals surface area contributed by atoms with Crippen molar-refractivity contribution in [2.24, 2.45) is 0 Å². The highest BCUT2D eigenvalue weighted by Crippen LogP contribution is 2.31. The summed E-state index contributed by atoms with van der Waals surface area (Å²) >= 11 is 0. The molecule has 0 fully saturated rings. The van der Waals surface area contributed by atoms with Crippen molar-refractivity contribution in [1.29, 1.82) is 0 Å².